The van der Waals surface area contributed by atoms with Crippen molar-refractivity contribution in [2.24, 2.45) is 0 Å². The van der Waals surface area contributed by atoms with Crippen LogP contribution >= 0.6 is 0 Å². The monoisotopic (exact) mass is 414 g/mol. The summed E-state index contributed by atoms with van der Waals surface area (Å²) < 4.78 is 16.8. The Morgan fingerprint density at radius 3 is 2.19 bits per heavy atom. The molecule has 0 aromatic heterocycles. The van der Waals surface area contributed by atoms with E-state index in [1.807, 2.05) is 42.5 Å². The van der Waals surface area contributed by atoms with Crippen molar-refractivity contribution in [3.05, 3.63) is 78.9 Å². The van der Waals surface area contributed by atoms with E-state index in [0.717, 1.165) is 27.6 Å². The number of ether oxygens (including phenoxy) is 3. The molecule has 0 saturated carbocycles. The van der Waals surface area contributed by atoms with Gasteiger partial charge in [-0.05, 0) is 71.6 Å². The molecule has 0 aliphatic heterocycles. The van der Waals surface area contributed by atoms with E-state index in [1.165, 1.54) is 0 Å². The van der Waals surface area contributed by atoms with Crippen molar-refractivity contribution in [1.29, 1.82) is 0 Å². The molecule has 0 aliphatic carbocycles. The Morgan fingerprint density at radius 2 is 1.52 bits per heavy atom. The van der Waals surface area contributed by atoms with Crippen molar-refractivity contribution in [2.45, 2.75) is 13.3 Å². The van der Waals surface area contributed by atoms with Gasteiger partial charge in [-0.1, -0.05) is 25.1 Å². The minimum absolute atomic E-state index is 0.192. The van der Waals surface area contributed by atoms with Gasteiger partial charge in [-0.15, -0.1) is 0 Å². The topological polar surface area (TPSA) is 65.0 Å². The Labute approximate surface area is 180 Å². The van der Waals surface area contributed by atoms with Crippen molar-refractivity contribution in [3.63, 3.8) is 0 Å². The maximum atomic E-state index is 11.5. The summed E-state index contributed by atoms with van der Waals surface area (Å²) >= 11 is 0. The maximum Gasteiger partial charge on any atom is 0.310 e. The molecule has 0 saturated heterocycles. The number of hydrogen-bond donors (Lipinski definition) is 1. The fraction of sp³-hybridized carbons (Fsp3) is 0.115. The number of fused-ring (bicyclic) bond motifs is 1. The fourth-order valence-corrected chi connectivity index (χ4v) is 3.29. The molecule has 0 bridgehead atoms. The molecule has 0 aliphatic rings. The second-order valence-corrected chi connectivity index (χ2v) is 6.98. The number of hydrogen-bond acceptors (Lipinski definition) is 5. The lowest BCUT2D eigenvalue weighted by Gasteiger charge is -2.15. The second kappa shape index (κ2) is 8.79. The van der Waals surface area contributed by atoms with E-state index in [-0.39, 0.29) is 11.7 Å². The number of methoxy groups -OCH3 is 1. The first-order chi connectivity index (χ1) is 15.1. The van der Waals surface area contributed by atoms with Crippen molar-refractivity contribution < 1.29 is 24.1 Å². The molecule has 5 heteroatoms. The van der Waals surface area contributed by atoms with E-state index < -0.39 is 0 Å². The lowest BCUT2D eigenvalue weighted by molar-refractivity contribution is -0.134. The molecule has 0 spiro atoms. The minimum Gasteiger partial charge on any atom is -0.508 e. The Morgan fingerprint density at radius 1 is 0.839 bits per heavy atom. The van der Waals surface area contributed by atoms with Crippen LogP contribution in [0.2, 0.25) is 0 Å². The molecule has 0 heterocycles. The zero-order valence-electron chi connectivity index (χ0n) is 17.3. The Hall–Kier alpha value is -3.99. The average molecular weight is 414 g/mol. The number of carbonyl (C=O) groups excluding carboxylic acids is 1. The minimum atomic E-state index is -0.288. The summed E-state index contributed by atoms with van der Waals surface area (Å²) in [5, 5.41) is 11.6. The van der Waals surface area contributed by atoms with Crippen LogP contribution in [0.25, 0.3) is 21.9 Å². The van der Waals surface area contributed by atoms with Gasteiger partial charge in [0.1, 0.15) is 28.7 Å². The molecule has 0 atom stereocenters. The largest absolute Gasteiger partial charge is 0.508 e. The molecule has 5 nitrogen and oxygen atoms in total. The molecular weight excluding hydrogens is 392 g/mol. The highest BCUT2D eigenvalue weighted by Gasteiger charge is 2.13. The molecular formula is C26H22O5. The van der Waals surface area contributed by atoms with E-state index >= 15 is 0 Å². The van der Waals surface area contributed by atoms with Gasteiger partial charge < -0.3 is 19.3 Å². The predicted molar refractivity (Wildman–Crippen MR) is 120 cm³/mol. The third-order valence-electron chi connectivity index (χ3n) is 4.92. The van der Waals surface area contributed by atoms with Crippen LogP contribution in [0.1, 0.15) is 13.3 Å². The average Bonchev–Trinajstić information content (AvgIpc) is 2.80. The lowest BCUT2D eigenvalue weighted by Crippen LogP contribution is -2.05. The molecule has 4 aromatic rings. The summed E-state index contributed by atoms with van der Waals surface area (Å²) in [6.45, 7) is 1.75. The number of carbonyl (C=O) groups is 1. The summed E-state index contributed by atoms with van der Waals surface area (Å²) in [6.07, 6.45) is 0.312. The molecule has 4 aromatic carbocycles. The number of phenols is 1. The standard InChI is InChI=1S/C26H22O5/c1-3-25(28)30-21-10-12-22(13-11-21)31-26-23(17-4-8-20(29-2)9-5-17)14-6-18-16-19(27)7-15-24(18)26/h4-16,27H,3H2,1-2H3. The summed E-state index contributed by atoms with van der Waals surface area (Å²) in [7, 11) is 1.63. The van der Waals surface area contributed by atoms with E-state index in [1.54, 1.807) is 50.4 Å². The lowest BCUT2D eigenvalue weighted by atomic mass is 9.99. The van der Waals surface area contributed by atoms with Crippen LogP contribution < -0.4 is 14.2 Å². The van der Waals surface area contributed by atoms with Crippen molar-refractivity contribution in [3.8, 4) is 39.9 Å². The van der Waals surface area contributed by atoms with Gasteiger partial charge in [0.25, 0.3) is 0 Å². The zero-order valence-corrected chi connectivity index (χ0v) is 17.3. The quantitative estimate of drug-likeness (QED) is 0.295. The number of phenolic OH excluding ortho intramolecular Hbond substituents is 1. The van der Waals surface area contributed by atoms with Gasteiger partial charge in [0.2, 0.25) is 0 Å². The second-order valence-electron chi connectivity index (χ2n) is 6.98. The maximum absolute atomic E-state index is 11.5. The van der Waals surface area contributed by atoms with E-state index in [9.17, 15) is 9.90 Å². The van der Waals surface area contributed by atoms with Gasteiger partial charge in [-0.25, -0.2) is 0 Å². The van der Waals surface area contributed by atoms with Gasteiger partial charge >= 0.3 is 5.97 Å². The SMILES string of the molecule is CCC(=O)Oc1ccc(Oc2c(-c3ccc(OC)cc3)ccc3cc(O)ccc23)cc1. The molecule has 0 amide bonds. The summed E-state index contributed by atoms with van der Waals surface area (Å²) in [6, 6.07) is 23.8. The first kappa shape index (κ1) is 20.3. The van der Waals surface area contributed by atoms with Crippen LogP contribution in [0.4, 0.5) is 0 Å². The van der Waals surface area contributed by atoms with E-state index in [4.69, 9.17) is 14.2 Å². The van der Waals surface area contributed by atoms with E-state index in [0.29, 0.717) is 23.7 Å². The molecule has 4 rings (SSSR count). The van der Waals surface area contributed by atoms with Crippen molar-refractivity contribution >= 4 is 16.7 Å². The van der Waals surface area contributed by atoms with Crippen LogP contribution in [0.3, 0.4) is 0 Å². The van der Waals surface area contributed by atoms with Crippen LogP contribution in [-0.4, -0.2) is 18.2 Å². The Bertz CT molecular complexity index is 1210. The molecule has 156 valence electrons. The normalized spacial score (nSPS) is 10.6. The van der Waals surface area contributed by atoms with Crippen LogP contribution in [0.5, 0.6) is 28.7 Å². The molecule has 31 heavy (non-hydrogen) atoms. The van der Waals surface area contributed by atoms with Crippen LogP contribution in [0, 0.1) is 0 Å². The highest BCUT2D eigenvalue weighted by molar-refractivity contribution is 5.96. The van der Waals surface area contributed by atoms with Crippen LogP contribution in [-0.2, 0) is 4.79 Å². The van der Waals surface area contributed by atoms with Crippen molar-refractivity contribution in [1.82, 2.24) is 0 Å². The third-order valence-corrected chi connectivity index (χ3v) is 4.92. The van der Waals surface area contributed by atoms with E-state index in [2.05, 4.69) is 0 Å². The zero-order chi connectivity index (χ0) is 21.8. The van der Waals surface area contributed by atoms with Gasteiger partial charge in [0.15, 0.2) is 0 Å². The highest BCUT2D eigenvalue weighted by Crippen LogP contribution is 2.41. The van der Waals surface area contributed by atoms with Gasteiger partial charge in [-0.2, -0.15) is 0 Å². The fourth-order valence-electron chi connectivity index (χ4n) is 3.29. The molecule has 0 unspecified atom stereocenters. The Kier molecular flexibility index (Phi) is 5.76. The van der Waals surface area contributed by atoms with Crippen molar-refractivity contribution in [2.75, 3.05) is 7.11 Å². The number of aromatic hydroxyl groups is 1. The number of esters is 1. The summed E-state index contributed by atoms with van der Waals surface area (Å²) in [4.78, 5) is 11.5. The molecule has 0 fully saturated rings. The molecule has 0 radical (unpaired) electrons. The van der Waals surface area contributed by atoms with Gasteiger partial charge in [-0.3, -0.25) is 4.79 Å². The van der Waals surface area contributed by atoms with Gasteiger partial charge in [0.05, 0.1) is 7.11 Å². The summed E-state index contributed by atoms with van der Waals surface area (Å²) in [5.41, 5.74) is 1.88. The first-order valence-corrected chi connectivity index (χ1v) is 9.96. The smallest absolute Gasteiger partial charge is 0.310 e. The van der Waals surface area contributed by atoms with Crippen LogP contribution in [0.15, 0.2) is 78.9 Å². The van der Waals surface area contributed by atoms with Gasteiger partial charge in [0, 0.05) is 17.4 Å². The number of benzene rings is 4. The summed E-state index contributed by atoms with van der Waals surface area (Å²) in [5.74, 6) is 2.42. The highest BCUT2D eigenvalue weighted by atomic mass is 16.5. The Balaban J connectivity index is 1.75. The first-order valence-electron chi connectivity index (χ1n) is 9.96. The molecule has 1 N–H and O–H groups in total. The third kappa shape index (κ3) is 4.46. The predicted octanol–water partition coefficient (Wildman–Crippen LogP) is 6.33. The number of rotatable bonds is 6.